The molecular weight excluding hydrogens is 324 g/mol. The Morgan fingerprint density at radius 1 is 1.33 bits per heavy atom. The Bertz CT molecular complexity index is 890. The van der Waals surface area contributed by atoms with Gasteiger partial charge >= 0.3 is 0 Å². The van der Waals surface area contributed by atoms with Crippen LogP contribution in [0.2, 0.25) is 0 Å². The highest BCUT2D eigenvalue weighted by Crippen LogP contribution is 2.29. The predicted molar refractivity (Wildman–Crippen MR) is 93.1 cm³/mol. The van der Waals surface area contributed by atoms with Crippen molar-refractivity contribution in [3.05, 3.63) is 45.9 Å². The van der Waals surface area contributed by atoms with E-state index in [0.29, 0.717) is 16.3 Å². The third-order valence-corrected chi connectivity index (χ3v) is 5.21. The molecule has 126 valence electrons. The SMILES string of the molecule is Cc1ccc(-c2nc(C)c(C(=O)NC(C)c3cnn(C)c3C)s2)o1. The van der Waals surface area contributed by atoms with Gasteiger partial charge in [-0.25, -0.2) is 4.98 Å². The fourth-order valence-corrected chi connectivity index (χ4v) is 3.47. The normalized spacial score (nSPS) is 12.4. The summed E-state index contributed by atoms with van der Waals surface area (Å²) in [6.45, 7) is 7.66. The van der Waals surface area contributed by atoms with Gasteiger partial charge in [0, 0.05) is 18.3 Å². The smallest absolute Gasteiger partial charge is 0.263 e. The highest BCUT2D eigenvalue weighted by molar-refractivity contribution is 7.17. The summed E-state index contributed by atoms with van der Waals surface area (Å²) in [5.41, 5.74) is 2.75. The molecule has 1 amide bonds. The lowest BCUT2D eigenvalue weighted by molar-refractivity contribution is 0.0943. The Labute approximate surface area is 144 Å². The number of nitrogens with zero attached hydrogens (tertiary/aromatic N) is 3. The van der Waals surface area contributed by atoms with Crippen molar-refractivity contribution in [3.8, 4) is 10.8 Å². The van der Waals surface area contributed by atoms with Crippen molar-refractivity contribution in [3.63, 3.8) is 0 Å². The topological polar surface area (TPSA) is 73.0 Å². The minimum Gasteiger partial charge on any atom is -0.459 e. The minimum absolute atomic E-state index is 0.123. The zero-order valence-electron chi connectivity index (χ0n) is 14.4. The molecule has 6 nitrogen and oxygen atoms in total. The average molecular weight is 344 g/mol. The van der Waals surface area contributed by atoms with Crippen LogP contribution in [0.3, 0.4) is 0 Å². The largest absolute Gasteiger partial charge is 0.459 e. The molecule has 3 rings (SSSR count). The maximum Gasteiger partial charge on any atom is 0.263 e. The van der Waals surface area contributed by atoms with Crippen LogP contribution in [0.25, 0.3) is 10.8 Å². The average Bonchev–Trinajstić information content (AvgIpc) is 3.20. The fourth-order valence-electron chi connectivity index (χ4n) is 2.54. The highest BCUT2D eigenvalue weighted by Gasteiger charge is 2.21. The Kier molecular flexibility index (Phi) is 4.28. The maximum absolute atomic E-state index is 12.6. The van der Waals surface area contributed by atoms with Crippen LogP contribution < -0.4 is 5.32 Å². The van der Waals surface area contributed by atoms with E-state index >= 15 is 0 Å². The third kappa shape index (κ3) is 2.99. The molecule has 7 heteroatoms. The van der Waals surface area contributed by atoms with Crippen molar-refractivity contribution < 1.29 is 9.21 Å². The summed E-state index contributed by atoms with van der Waals surface area (Å²) in [4.78, 5) is 17.7. The molecule has 0 aliphatic rings. The Hall–Kier alpha value is -2.41. The standard InChI is InChI=1S/C17H20N4O2S/c1-9-6-7-14(23-9)17-20-11(3)15(24-17)16(22)19-10(2)13-8-18-21(5)12(13)4/h6-8,10H,1-5H3,(H,19,22). The lowest BCUT2D eigenvalue weighted by Gasteiger charge is -2.13. The van der Waals surface area contributed by atoms with E-state index in [1.165, 1.54) is 11.3 Å². The lowest BCUT2D eigenvalue weighted by atomic mass is 10.1. The van der Waals surface area contributed by atoms with Gasteiger partial charge in [0.05, 0.1) is 17.9 Å². The van der Waals surface area contributed by atoms with Crippen LogP contribution >= 0.6 is 11.3 Å². The summed E-state index contributed by atoms with van der Waals surface area (Å²) >= 11 is 1.34. The highest BCUT2D eigenvalue weighted by atomic mass is 32.1. The molecule has 3 aromatic heterocycles. The Balaban J connectivity index is 1.80. The molecule has 0 radical (unpaired) electrons. The maximum atomic E-state index is 12.6. The molecule has 1 N–H and O–H groups in total. The van der Waals surface area contributed by atoms with E-state index in [4.69, 9.17) is 4.42 Å². The van der Waals surface area contributed by atoms with Crippen molar-refractivity contribution in [2.45, 2.75) is 33.7 Å². The number of thiazole rings is 1. The number of aryl methyl sites for hydroxylation is 3. The van der Waals surface area contributed by atoms with Crippen molar-refractivity contribution in [1.82, 2.24) is 20.1 Å². The number of hydrogen-bond acceptors (Lipinski definition) is 5. The van der Waals surface area contributed by atoms with Gasteiger partial charge in [-0.05, 0) is 39.8 Å². The van der Waals surface area contributed by atoms with Crippen LogP contribution in [0.5, 0.6) is 0 Å². The number of hydrogen-bond donors (Lipinski definition) is 1. The van der Waals surface area contributed by atoms with Gasteiger partial charge in [-0.3, -0.25) is 9.48 Å². The molecule has 24 heavy (non-hydrogen) atoms. The van der Waals surface area contributed by atoms with Gasteiger partial charge < -0.3 is 9.73 Å². The van der Waals surface area contributed by atoms with Crippen LogP contribution in [0, 0.1) is 20.8 Å². The van der Waals surface area contributed by atoms with Gasteiger partial charge in [0.25, 0.3) is 5.91 Å². The van der Waals surface area contributed by atoms with Crippen LogP contribution in [-0.2, 0) is 7.05 Å². The monoisotopic (exact) mass is 344 g/mol. The second kappa shape index (κ2) is 6.24. The molecule has 3 aromatic rings. The first-order valence-electron chi connectivity index (χ1n) is 7.70. The minimum atomic E-state index is -0.129. The number of aromatic nitrogens is 3. The van der Waals surface area contributed by atoms with Crippen LogP contribution in [0.15, 0.2) is 22.7 Å². The van der Waals surface area contributed by atoms with E-state index in [1.54, 1.807) is 10.9 Å². The second-order valence-electron chi connectivity index (χ2n) is 5.85. The van der Waals surface area contributed by atoms with Crippen molar-refractivity contribution >= 4 is 17.2 Å². The molecule has 3 heterocycles. The molecule has 0 spiro atoms. The number of furan rings is 1. The number of carbonyl (C=O) groups excluding carboxylic acids is 1. The Morgan fingerprint density at radius 3 is 2.67 bits per heavy atom. The number of carbonyl (C=O) groups is 1. The number of rotatable bonds is 4. The quantitative estimate of drug-likeness (QED) is 0.785. The number of nitrogens with one attached hydrogen (secondary N) is 1. The first kappa shape index (κ1) is 16.4. The molecule has 0 saturated heterocycles. The zero-order chi connectivity index (χ0) is 17.4. The number of amides is 1. The van der Waals surface area contributed by atoms with Gasteiger partial charge in [0.15, 0.2) is 10.8 Å². The molecule has 0 bridgehead atoms. The fraction of sp³-hybridized carbons (Fsp3) is 0.353. The summed E-state index contributed by atoms with van der Waals surface area (Å²) in [6.07, 6.45) is 1.79. The van der Waals surface area contributed by atoms with Crippen LogP contribution in [0.1, 0.15) is 45.3 Å². The summed E-state index contributed by atoms with van der Waals surface area (Å²) < 4.78 is 7.39. The Morgan fingerprint density at radius 2 is 2.08 bits per heavy atom. The van der Waals surface area contributed by atoms with Gasteiger partial charge in [0.2, 0.25) is 0 Å². The predicted octanol–water partition coefficient (Wildman–Crippen LogP) is 3.55. The van der Waals surface area contributed by atoms with Crippen molar-refractivity contribution in [2.75, 3.05) is 0 Å². The van der Waals surface area contributed by atoms with Crippen LogP contribution in [0.4, 0.5) is 0 Å². The summed E-state index contributed by atoms with van der Waals surface area (Å²) in [6, 6.07) is 3.64. The molecule has 0 aliphatic heterocycles. The van der Waals surface area contributed by atoms with E-state index < -0.39 is 0 Å². The first-order chi connectivity index (χ1) is 11.4. The van der Waals surface area contributed by atoms with Crippen molar-refractivity contribution in [1.29, 1.82) is 0 Å². The first-order valence-corrected chi connectivity index (χ1v) is 8.52. The van der Waals surface area contributed by atoms with E-state index in [0.717, 1.165) is 22.0 Å². The molecule has 1 unspecified atom stereocenters. The van der Waals surface area contributed by atoms with Gasteiger partial charge in [-0.1, -0.05) is 0 Å². The second-order valence-corrected chi connectivity index (χ2v) is 6.85. The zero-order valence-corrected chi connectivity index (χ0v) is 15.2. The van der Waals surface area contributed by atoms with E-state index in [-0.39, 0.29) is 11.9 Å². The molecular formula is C17H20N4O2S. The van der Waals surface area contributed by atoms with Crippen LogP contribution in [-0.4, -0.2) is 20.7 Å². The molecule has 1 atom stereocenters. The van der Waals surface area contributed by atoms with E-state index in [2.05, 4.69) is 15.4 Å². The molecule has 0 saturated carbocycles. The third-order valence-electron chi connectivity index (χ3n) is 4.04. The van der Waals surface area contributed by atoms with Gasteiger partial charge in [-0.15, -0.1) is 11.3 Å². The molecule has 0 fully saturated rings. The van der Waals surface area contributed by atoms with Gasteiger partial charge in [0.1, 0.15) is 10.6 Å². The lowest BCUT2D eigenvalue weighted by Crippen LogP contribution is -2.26. The molecule has 0 aliphatic carbocycles. The van der Waals surface area contributed by atoms with Gasteiger partial charge in [-0.2, -0.15) is 5.10 Å². The summed E-state index contributed by atoms with van der Waals surface area (Å²) in [5, 5.41) is 7.97. The summed E-state index contributed by atoms with van der Waals surface area (Å²) in [5.74, 6) is 1.38. The van der Waals surface area contributed by atoms with E-state index in [9.17, 15) is 4.79 Å². The van der Waals surface area contributed by atoms with Crippen molar-refractivity contribution in [2.24, 2.45) is 7.05 Å². The van der Waals surface area contributed by atoms with E-state index in [1.807, 2.05) is 46.9 Å². The summed E-state index contributed by atoms with van der Waals surface area (Å²) in [7, 11) is 1.89. The molecule has 0 aromatic carbocycles.